The molecule has 0 unspecified atom stereocenters. The molecule has 2 aromatic carbocycles. The summed E-state index contributed by atoms with van der Waals surface area (Å²) in [5.41, 5.74) is 3.35. The fraction of sp³-hybridized carbons (Fsp3) is 0.417. The zero-order valence-electron chi connectivity index (χ0n) is 18.5. The average Bonchev–Trinajstić information content (AvgIpc) is 3.19. The first-order valence-electron chi connectivity index (χ1n) is 10.9. The normalized spacial score (nSPS) is 14.6. The minimum Gasteiger partial charge on any atom is -0.484 e. The molecule has 0 saturated carbocycles. The van der Waals surface area contributed by atoms with E-state index in [0.29, 0.717) is 17.3 Å². The number of hydrogen-bond acceptors (Lipinski definition) is 6. The number of rotatable bonds is 8. The molecule has 0 spiro atoms. The van der Waals surface area contributed by atoms with Crippen LogP contribution >= 0.6 is 22.9 Å². The first-order valence-corrected chi connectivity index (χ1v) is 12.1. The lowest BCUT2D eigenvalue weighted by atomic mass is 10.1. The summed E-state index contributed by atoms with van der Waals surface area (Å²) in [6.45, 7) is 9.07. The third-order valence-electron chi connectivity index (χ3n) is 5.66. The molecule has 1 fully saturated rings. The molecular weight excluding hydrogens is 446 g/mol. The van der Waals surface area contributed by atoms with Gasteiger partial charge in [0.2, 0.25) is 0 Å². The molecule has 1 aromatic heterocycles. The van der Waals surface area contributed by atoms with Crippen LogP contribution in [-0.2, 0) is 9.53 Å². The van der Waals surface area contributed by atoms with Gasteiger partial charge in [0.1, 0.15) is 5.75 Å². The standard InChI is InChI=1S/C24H28ClN3O3S/c1-17-14-21-22(15-18(17)2)32-24(26-21)28(9-3-8-27-10-12-30-13-11-27)23(29)16-31-20-6-4-19(25)5-7-20/h4-7,14-15H,3,8-13,16H2,1-2H3. The molecule has 8 heteroatoms. The molecule has 0 atom stereocenters. The Labute approximate surface area is 197 Å². The maximum atomic E-state index is 13.2. The van der Waals surface area contributed by atoms with Crippen LogP contribution in [0.3, 0.4) is 0 Å². The van der Waals surface area contributed by atoms with Crippen molar-refractivity contribution in [1.82, 2.24) is 9.88 Å². The molecule has 1 saturated heterocycles. The van der Waals surface area contributed by atoms with E-state index in [0.717, 1.165) is 54.6 Å². The predicted molar refractivity (Wildman–Crippen MR) is 130 cm³/mol. The van der Waals surface area contributed by atoms with E-state index in [1.165, 1.54) is 11.1 Å². The topological polar surface area (TPSA) is 54.9 Å². The van der Waals surface area contributed by atoms with Gasteiger partial charge < -0.3 is 9.47 Å². The van der Waals surface area contributed by atoms with Crippen molar-refractivity contribution in [2.45, 2.75) is 20.3 Å². The number of aromatic nitrogens is 1. The van der Waals surface area contributed by atoms with E-state index in [4.69, 9.17) is 26.1 Å². The number of aryl methyl sites for hydroxylation is 2. The van der Waals surface area contributed by atoms with E-state index in [-0.39, 0.29) is 12.5 Å². The van der Waals surface area contributed by atoms with Crippen LogP contribution in [0.2, 0.25) is 5.02 Å². The number of hydrogen-bond donors (Lipinski definition) is 0. The van der Waals surface area contributed by atoms with Gasteiger partial charge in [-0.25, -0.2) is 4.98 Å². The fourth-order valence-corrected chi connectivity index (χ4v) is 4.86. The molecule has 0 bridgehead atoms. The Hall–Kier alpha value is -2.19. The molecule has 3 aromatic rings. The highest BCUT2D eigenvalue weighted by atomic mass is 35.5. The van der Waals surface area contributed by atoms with Crippen LogP contribution in [0.1, 0.15) is 17.5 Å². The quantitative estimate of drug-likeness (QED) is 0.474. The predicted octanol–water partition coefficient (Wildman–Crippen LogP) is 4.70. The van der Waals surface area contributed by atoms with Crippen molar-refractivity contribution in [3.05, 3.63) is 52.5 Å². The van der Waals surface area contributed by atoms with E-state index in [1.54, 1.807) is 40.5 Å². The van der Waals surface area contributed by atoms with Crippen molar-refractivity contribution in [2.24, 2.45) is 0 Å². The van der Waals surface area contributed by atoms with Gasteiger partial charge in [0.25, 0.3) is 5.91 Å². The van der Waals surface area contributed by atoms with Gasteiger partial charge in [-0.15, -0.1) is 0 Å². The summed E-state index contributed by atoms with van der Waals surface area (Å²) in [5.74, 6) is 0.515. The third-order valence-corrected chi connectivity index (χ3v) is 6.95. The van der Waals surface area contributed by atoms with Crippen molar-refractivity contribution in [2.75, 3.05) is 50.9 Å². The number of benzene rings is 2. The number of thiazole rings is 1. The van der Waals surface area contributed by atoms with Gasteiger partial charge in [0.15, 0.2) is 11.7 Å². The monoisotopic (exact) mass is 473 g/mol. The number of morpholine rings is 1. The number of halogens is 1. The lowest BCUT2D eigenvalue weighted by Crippen LogP contribution is -2.40. The molecule has 2 heterocycles. The lowest BCUT2D eigenvalue weighted by molar-refractivity contribution is -0.120. The summed E-state index contributed by atoms with van der Waals surface area (Å²) in [4.78, 5) is 22.1. The number of fused-ring (bicyclic) bond motifs is 1. The molecule has 1 amide bonds. The second-order valence-corrected chi connectivity index (χ2v) is 9.44. The van der Waals surface area contributed by atoms with Crippen LogP contribution < -0.4 is 9.64 Å². The Morgan fingerprint density at radius 2 is 1.91 bits per heavy atom. The maximum absolute atomic E-state index is 13.2. The van der Waals surface area contributed by atoms with Crippen LogP contribution in [-0.4, -0.2) is 61.8 Å². The van der Waals surface area contributed by atoms with Gasteiger partial charge in [-0.2, -0.15) is 0 Å². The van der Waals surface area contributed by atoms with Gasteiger partial charge in [0.05, 0.1) is 23.4 Å². The second-order valence-electron chi connectivity index (χ2n) is 8.00. The largest absolute Gasteiger partial charge is 0.484 e. The van der Waals surface area contributed by atoms with Gasteiger partial charge in [-0.05, 0) is 67.8 Å². The average molecular weight is 474 g/mol. The number of ether oxygens (including phenoxy) is 2. The van der Waals surface area contributed by atoms with E-state index in [9.17, 15) is 4.79 Å². The molecule has 1 aliphatic heterocycles. The Morgan fingerprint density at radius 3 is 2.66 bits per heavy atom. The molecule has 0 radical (unpaired) electrons. The SMILES string of the molecule is Cc1cc2nc(N(CCCN3CCOCC3)C(=O)COc3ccc(Cl)cc3)sc2cc1C. The van der Waals surface area contributed by atoms with E-state index >= 15 is 0 Å². The van der Waals surface area contributed by atoms with Crippen molar-refractivity contribution in [3.8, 4) is 5.75 Å². The number of nitrogens with zero attached hydrogens (tertiary/aromatic N) is 3. The van der Waals surface area contributed by atoms with Crippen molar-refractivity contribution < 1.29 is 14.3 Å². The van der Waals surface area contributed by atoms with Crippen LogP contribution in [0.4, 0.5) is 5.13 Å². The Balaban J connectivity index is 1.48. The minimum absolute atomic E-state index is 0.0484. The summed E-state index contributed by atoms with van der Waals surface area (Å²) in [6, 6.07) is 11.3. The summed E-state index contributed by atoms with van der Waals surface area (Å²) < 4.78 is 12.3. The molecule has 0 aliphatic carbocycles. The van der Waals surface area contributed by atoms with Gasteiger partial charge in [-0.3, -0.25) is 14.6 Å². The zero-order chi connectivity index (χ0) is 22.5. The molecule has 170 valence electrons. The highest BCUT2D eigenvalue weighted by molar-refractivity contribution is 7.22. The maximum Gasteiger partial charge on any atom is 0.266 e. The molecule has 1 aliphatic rings. The molecule has 32 heavy (non-hydrogen) atoms. The van der Waals surface area contributed by atoms with Gasteiger partial charge >= 0.3 is 0 Å². The highest BCUT2D eigenvalue weighted by Gasteiger charge is 2.21. The van der Waals surface area contributed by atoms with Gasteiger partial charge in [0, 0.05) is 31.2 Å². The zero-order valence-corrected chi connectivity index (χ0v) is 20.0. The fourth-order valence-electron chi connectivity index (χ4n) is 3.64. The number of carbonyl (C=O) groups excluding carboxylic acids is 1. The van der Waals surface area contributed by atoms with E-state index < -0.39 is 0 Å². The summed E-state index contributed by atoms with van der Waals surface area (Å²) in [7, 11) is 0. The molecule has 6 nitrogen and oxygen atoms in total. The third kappa shape index (κ3) is 5.78. The first-order chi connectivity index (χ1) is 15.5. The van der Waals surface area contributed by atoms with Gasteiger partial charge in [-0.1, -0.05) is 22.9 Å². The molecule has 0 N–H and O–H groups in total. The van der Waals surface area contributed by atoms with Crippen LogP contribution in [0.25, 0.3) is 10.2 Å². The van der Waals surface area contributed by atoms with Crippen LogP contribution in [0.5, 0.6) is 5.75 Å². The van der Waals surface area contributed by atoms with E-state index in [1.807, 2.05) is 0 Å². The Bertz CT molecular complexity index is 1030. The summed E-state index contributed by atoms with van der Waals surface area (Å²) in [5, 5.41) is 1.35. The van der Waals surface area contributed by atoms with Crippen LogP contribution in [0, 0.1) is 13.8 Å². The number of amides is 1. The Kier molecular flexibility index (Phi) is 7.63. The number of carbonyl (C=O) groups is 1. The summed E-state index contributed by atoms with van der Waals surface area (Å²) in [6.07, 6.45) is 0.862. The smallest absolute Gasteiger partial charge is 0.266 e. The lowest BCUT2D eigenvalue weighted by Gasteiger charge is -2.27. The van der Waals surface area contributed by atoms with Crippen molar-refractivity contribution in [1.29, 1.82) is 0 Å². The van der Waals surface area contributed by atoms with Crippen molar-refractivity contribution >= 4 is 44.2 Å². The highest BCUT2D eigenvalue weighted by Crippen LogP contribution is 2.31. The van der Waals surface area contributed by atoms with Crippen molar-refractivity contribution in [3.63, 3.8) is 0 Å². The number of anilines is 1. The van der Waals surface area contributed by atoms with Crippen LogP contribution in [0.15, 0.2) is 36.4 Å². The first kappa shape index (κ1) is 23.0. The summed E-state index contributed by atoms with van der Waals surface area (Å²) >= 11 is 7.49. The molecule has 4 rings (SSSR count). The minimum atomic E-state index is -0.102. The second kappa shape index (κ2) is 10.6. The Morgan fingerprint density at radius 1 is 1.19 bits per heavy atom. The van der Waals surface area contributed by atoms with E-state index in [2.05, 4.69) is 30.9 Å². The molecular formula is C24H28ClN3O3S.